The van der Waals surface area contributed by atoms with Crippen LogP contribution in [0.15, 0.2) is 0 Å². The van der Waals surface area contributed by atoms with E-state index in [1.165, 1.54) is 0 Å². The molecule has 5 heteroatoms. The number of rotatable bonds is 3. The number of nitrogens with zero attached hydrogens (tertiary/aromatic N) is 1. The third-order valence-corrected chi connectivity index (χ3v) is 2.92. The standard InChI is InChI=1S/C10H19N3O2/c1-4-7-9(15)12-8(14)5-13(7)10(2,3)6-11/h7H,4-6,11H2,1-3H3,(H,12,14,15). The lowest BCUT2D eigenvalue weighted by atomic mass is 9.97. The summed E-state index contributed by atoms with van der Waals surface area (Å²) in [5.41, 5.74) is 5.33. The lowest BCUT2D eigenvalue weighted by Gasteiger charge is -2.44. The molecule has 1 rings (SSSR count). The summed E-state index contributed by atoms with van der Waals surface area (Å²) in [7, 11) is 0. The van der Waals surface area contributed by atoms with Crippen LogP contribution in [0.4, 0.5) is 0 Å². The van der Waals surface area contributed by atoms with Crippen molar-refractivity contribution >= 4 is 11.8 Å². The van der Waals surface area contributed by atoms with Crippen molar-refractivity contribution in [3.63, 3.8) is 0 Å². The summed E-state index contributed by atoms with van der Waals surface area (Å²) in [5.74, 6) is -0.457. The van der Waals surface area contributed by atoms with Gasteiger partial charge in [-0.25, -0.2) is 0 Å². The molecule has 0 aromatic carbocycles. The highest BCUT2D eigenvalue weighted by Crippen LogP contribution is 2.20. The summed E-state index contributed by atoms with van der Waals surface area (Å²) in [4.78, 5) is 24.8. The molecule has 1 saturated heterocycles. The number of nitrogens with one attached hydrogen (secondary N) is 1. The molecule has 1 atom stereocenters. The molecule has 1 aliphatic heterocycles. The normalized spacial score (nSPS) is 24.1. The largest absolute Gasteiger partial charge is 0.329 e. The highest BCUT2D eigenvalue weighted by molar-refractivity contribution is 6.01. The van der Waals surface area contributed by atoms with Crippen LogP contribution < -0.4 is 11.1 Å². The number of nitrogens with two attached hydrogens (primary N) is 1. The zero-order valence-corrected chi connectivity index (χ0v) is 9.54. The van der Waals surface area contributed by atoms with Gasteiger partial charge >= 0.3 is 0 Å². The summed E-state index contributed by atoms with van der Waals surface area (Å²) in [5, 5.41) is 2.35. The highest BCUT2D eigenvalue weighted by Gasteiger charge is 2.39. The summed E-state index contributed by atoms with van der Waals surface area (Å²) in [6, 6.07) is -0.249. The molecule has 1 heterocycles. The van der Waals surface area contributed by atoms with Crippen LogP contribution in [-0.4, -0.2) is 41.4 Å². The smallest absolute Gasteiger partial charge is 0.243 e. The number of hydrogen-bond acceptors (Lipinski definition) is 4. The molecule has 1 unspecified atom stereocenters. The highest BCUT2D eigenvalue weighted by atomic mass is 16.2. The van der Waals surface area contributed by atoms with Crippen LogP contribution in [0.5, 0.6) is 0 Å². The van der Waals surface area contributed by atoms with E-state index in [2.05, 4.69) is 5.32 Å². The van der Waals surface area contributed by atoms with Gasteiger partial charge in [-0.3, -0.25) is 19.8 Å². The minimum absolute atomic E-state index is 0.213. The van der Waals surface area contributed by atoms with E-state index >= 15 is 0 Å². The molecule has 3 N–H and O–H groups in total. The number of piperazine rings is 1. The van der Waals surface area contributed by atoms with Crippen LogP contribution in [0.25, 0.3) is 0 Å². The van der Waals surface area contributed by atoms with E-state index in [9.17, 15) is 9.59 Å². The monoisotopic (exact) mass is 213 g/mol. The molecule has 0 radical (unpaired) electrons. The Hall–Kier alpha value is -0.940. The fourth-order valence-electron chi connectivity index (χ4n) is 1.83. The second-order valence-corrected chi connectivity index (χ2v) is 4.48. The Morgan fingerprint density at radius 1 is 1.53 bits per heavy atom. The average Bonchev–Trinajstić information content (AvgIpc) is 2.16. The number of hydrogen-bond donors (Lipinski definition) is 2. The Balaban J connectivity index is 2.92. The van der Waals surface area contributed by atoms with Gasteiger partial charge < -0.3 is 5.73 Å². The average molecular weight is 213 g/mol. The topological polar surface area (TPSA) is 75.4 Å². The predicted molar refractivity (Wildman–Crippen MR) is 57.1 cm³/mol. The quantitative estimate of drug-likeness (QED) is 0.617. The molecular formula is C10H19N3O2. The van der Waals surface area contributed by atoms with Gasteiger partial charge in [-0.05, 0) is 20.3 Å². The zero-order valence-electron chi connectivity index (χ0n) is 9.54. The van der Waals surface area contributed by atoms with E-state index in [-0.39, 0.29) is 29.9 Å². The van der Waals surface area contributed by atoms with Crippen molar-refractivity contribution in [3.8, 4) is 0 Å². The van der Waals surface area contributed by atoms with Gasteiger partial charge in [0.15, 0.2) is 0 Å². The third kappa shape index (κ3) is 2.35. The summed E-state index contributed by atoms with van der Waals surface area (Å²) < 4.78 is 0. The van der Waals surface area contributed by atoms with Crippen LogP contribution in [0.3, 0.4) is 0 Å². The van der Waals surface area contributed by atoms with Crippen LogP contribution in [-0.2, 0) is 9.59 Å². The maximum atomic E-state index is 11.6. The lowest BCUT2D eigenvalue weighted by molar-refractivity contribution is -0.143. The van der Waals surface area contributed by atoms with Gasteiger partial charge in [0.2, 0.25) is 11.8 Å². The molecule has 1 fully saturated rings. The Morgan fingerprint density at radius 3 is 2.60 bits per heavy atom. The van der Waals surface area contributed by atoms with E-state index < -0.39 is 0 Å². The van der Waals surface area contributed by atoms with Crippen molar-refractivity contribution in [1.29, 1.82) is 0 Å². The molecule has 0 saturated carbocycles. The minimum atomic E-state index is -0.325. The number of carbonyl (C=O) groups excluding carboxylic acids is 2. The van der Waals surface area contributed by atoms with Gasteiger partial charge in [-0.1, -0.05) is 6.92 Å². The molecule has 0 aromatic heterocycles. The Bertz CT molecular complexity index is 276. The first-order valence-electron chi connectivity index (χ1n) is 5.23. The van der Waals surface area contributed by atoms with Gasteiger partial charge in [-0.15, -0.1) is 0 Å². The van der Waals surface area contributed by atoms with Crippen LogP contribution in [0, 0.1) is 0 Å². The van der Waals surface area contributed by atoms with Crippen LogP contribution in [0.2, 0.25) is 0 Å². The molecule has 2 amide bonds. The van der Waals surface area contributed by atoms with Gasteiger partial charge in [0.1, 0.15) is 0 Å². The fourth-order valence-corrected chi connectivity index (χ4v) is 1.83. The van der Waals surface area contributed by atoms with Crippen molar-refractivity contribution in [3.05, 3.63) is 0 Å². The van der Waals surface area contributed by atoms with E-state index in [4.69, 9.17) is 5.73 Å². The molecule has 0 aliphatic carbocycles. The van der Waals surface area contributed by atoms with E-state index in [1.54, 1.807) is 0 Å². The SMILES string of the molecule is CCC1C(=O)NC(=O)CN1C(C)(C)CN. The van der Waals surface area contributed by atoms with Crippen LogP contribution in [0.1, 0.15) is 27.2 Å². The zero-order chi connectivity index (χ0) is 11.6. The Labute approximate surface area is 90.0 Å². The summed E-state index contributed by atoms with van der Waals surface area (Å²) >= 11 is 0. The van der Waals surface area contributed by atoms with E-state index in [1.807, 2.05) is 25.7 Å². The van der Waals surface area contributed by atoms with Crippen molar-refractivity contribution in [2.75, 3.05) is 13.1 Å². The van der Waals surface area contributed by atoms with Crippen molar-refractivity contribution in [1.82, 2.24) is 10.2 Å². The fraction of sp³-hybridized carbons (Fsp3) is 0.800. The number of amides is 2. The summed E-state index contributed by atoms with van der Waals surface area (Å²) in [6.07, 6.45) is 0.683. The second-order valence-electron chi connectivity index (χ2n) is 4.48. The first kappa shape index (κ1) is 12.1. The minimum Gasteiger partial charge on any atom is -0.329 e. The maximum Gasteiger partial charge on any atom is 0.243 e. The first-order chi connectivity index (χ1) is 6.92. The predicted octanol–water partition coefficient (Wildman–Crippen LogP) is -0.539. The van der Waals surface area contributed by atoms with E-state index in [0.717, 1.165) is 0 Å². The molecule has 5 nitrogen and oxygen atoms in total. The van der Waals surface area contributed by atoms with E-state index in [0.29, 0.717) is 13.0 Å². The lowest BCUT2D eigenvalue weighted by Crippen LogP contribution is -2.65. The van der Waals surface area contributed by atoms with Crippen molar-refractivity contribution in [2.24, 2.45) is 5.73 Å². The first-order valence-corrected chi connectivity index (χ1v) is 5.23. The Morgan fingerprint density at radius 2 is 2.13 bits per heavy atom. The number of carbonyl (C=O) groups is 2. The molecule has 15 heavy (non-hydrogen) atoms. The van der Waals surface area contributed by atoms with Gasteiger partial charge in [-0.2, -0.15) is 0 Å². The summed E-state index contributed by atoms with van der Waals surface area (Å²) in [6.45, 7) is 6.49. The van der Waals surface area contributed by atoms with Gasteiger partial charge in [0, 0.05) is 12.1 Å². The molecule has 1 aliphatic rings. The van der Waals surface area contributed by atoms with Gasteiger partial charge in [0.25, 0.3) is 0 Å². The molecule has 0 aromatic rings. The maximum absolute atomic E-state index is 11.6. The second kappa shape index (κ2) is 4.28. The Kier molecular flexibility index (Phi) is 3.46. The van der Waals surface area contributed by atoms with Crippen molar-refractivity contribution in [2.45, 2.75) is 38.8 Å². The molecule has 0 bridgehead atoms. The van der Waals surface area contributed by atoms with Gasteiger partial charge in [0.05, 0.1) is 12.6 Å². The number of imide groups is 1. The third-order valence-electron chi connectivity index (χ3n) is 2.92. The van der Waals surface area contributed by atoms with Crippen molar-refractivity contribution < 1.29 is 9.59 Å². The molecule has 0 spiro atoms. The molecular weight excluding hydrogens is 194 g/mol. The van der Waals surface area contributed by atoms with Crippen LogP contribution >= 0.6 is 0 Å². The molecule has 86 valence electrons.